The van der Waals surface area contributed by atoms with Crippen LogP contribution in [0.3, 0.4) is 0 Å². The molecular formula is C48H30N2S. The van der Waals surface area contributed by atoms with Crippen LogP contribution in [0.1, 0.15) is 0 Å². The van der Waals surface area contributed by atoms with E-state index in [4.69, 9.17) is 0 Å². The van der Waals surface area contributed by atoms with Crippen molar-refractivity contribution in [2.24, 2.45) is 0 Å². The van der Waals surface area contributed by atoms with Gasteiger partial charge in [0.1, 0.15) is 0 Å². The first kappa shape index (κ1) is 28.4. The third kappa shape index (κ3) is 4.16. The standard InChI is InChI=1S/C48H30N2S/c1-2-14-31(15-3-1)33-16-4-5-17-34(33)39-28-29-44(47-40-21-9-13-25-46(40)51-48(39)47)50-43-24-12-8-20-37(43)38-27-26-32(30-45(38)50)49-41-22-10-6-18-35(41)36-19-7-11-23-42(36)49/h1-30H. The summed E-state index contributed by atoms with van der Waals surface area (Å²) in [6.45, 7) is 0. The van der Waals surface area contributed by atoms with Crippen molar-refractivity contribution >= 4 is 75.1 Å². The summed E-state index contributed by atoms with van der Waals surface area (Å²) in [7, 11) is 0. The second-order valence-electron chi connectivity index (χ2n) is 13.3. The SMILES string of the molecule is c1ccc(-c2ccccc2-c2ccc(-n3c4ccccc4c4ccc(-n5c6ccccc6c6ccccc65)cc43)c3c2sc2ccccc23)cc1. The first-order chi connectivity index (χ1) is 25.3. The first-order valence-electron chi connectivity index (χ1n) is 17.4. The Kier molecular flexibility index (Phi) is 6.16. The fraction of sp³-hybridized carbons (Fsp3) is 0. The third-order valence-corrected chi connectivity index (χ3v) is 11.7. The lowest BCUT2D eigenvalue weighted by Crippen LogP contribution is -1.98. The van der Waals surface area contributed by atoms with Crippen LogP contribution in [0.15, 0.2) is 182 Å². The maximum absolute atomic E-state index is 2.51. The van der Waals surface area contributed by atoms with E-state index in [1.807, 2.05) is 11.3 Å². The highest BCUT2D eigenvalue weighted by molar-refractivity contribution is 7.26. The lowest BCUT2D eigenvalue weighted by Gasteiger charge is -2.16. The van der Waals surface area contributed by atoms with Crippen molar-refractivity contribution in [3.8, 4) is 33.6 Å². The minimum atomic E-state index is 1.16. The van der Waals surface area contributed by atoms with Crippen LogP contribution in [0.25, 0.3) is 97.4 Å². The summed E-state index contributed by atoms with van der Waals surface area (Å²) in [6, 6.07) is 66.6. The molecule has 0 bridgehead atoms. The number of rotatable bonds is 4. The predicted molar refractivity (Wildman–Crippen MR) is 219 cm³/mol. The zero-order valence-electron chi connectivity index (χ0n) is 27.6. The number of nitrogens with zero attached hydrogens (tertiary/aromatic N) is 2. The van der Waals surface area contributed by atoms with Gasteiger partial charge in [0.25, 0.3) is 0 Å². The fourth-order valence-electron chi connectivity index (χ4n) is 8.35. The highest BCUT2D eigenvalue weighted by Crippen LogP contribution is 2.47. The first-order valence-corrected chi connectivity index (χ1v) is 18.3. The van der Waals surface area contributed by atoms with Crippen LogP contribution in [0.4, 0.5) is 0 Å². The Balaban J connectivity index is 1.23. The van der Waals surface area contributed by atoms with Crippen molar-refractivity contribution in [2.45, 2.75) is 0 Å². The van der Waals surface area contributed by atoms with Gasteiger partial charge in [-0.05, 0) is 59.2 Å². The molecule has 0 aliphatic rings. The fourth-order valence-corrected chi connectivity index (χ4v) is 9.61. The molecule has 0 saturated carbocycles. The Morgan fingerprint density at radius 3 is 1.61 bits per heavy atom. The van der Waals surface area contributed by atoms with Crippen molar-refractivity contribution in [1.29, 1.82) is 0 Å². The van der Waals surface area contributed by atoms with Crippen LogP contribution in [-0.4, -0.2) is 9.13 Å². The zero-order valence-corrected chi connectivity index (χ0v) is 28.4. The highest BCUT2D eigenvalue weighted by atomic mass is 32.1. The predicted octanol–water partition coefficient (Wildman–Crippen LogP) is 13.6. The van der Waals surface area contributed by atoms with Crippen LogP contribution in [0.2, 0.25) is 0 Å². The quantitative estimate of drug-likeness (QED) is 0.177. The van der Waals surface area contributed by atoms with E-state index in [1.165, 1.54) is 91.7 Å². The molecule has 0 N–H and O–H groups in total. The highest BCUT2D eigenvalue weighted by Gasteiger charge is 2.21. The van der Waals surface area contributed by atoms with Crippen molar-refractivity contribution in [2.75, 3.05) is 0 Å². The van der Waals surface area contributed by atoms with Gasteiger partial charge in [0.2, 0.25) is 0 Å². The molecule has 0 aliphatic heterocycles. The topological polar surface area (TPSA) is 9.86 Å². The maximum atomic E-state index is 2.51. The summed E-state index contributed by atoms with van der Waals surface area (Å²) < 4.78 is 7.54. The van der Waals surface area contributed by atoms with Gasteiger partial charge < -0.3 is 9.13 Å². The second-order valence-corrected chi connectivity index (χ2v) is 14.3. The number of hydrogen-bond donors (Lipinski definition) is 0. The van der Waals surface area contributed by atoms with Crippen molar-refractivity contribution in [3.05, 3.63) is 182 Å². The van der Waals surface area contributed by atoms with Gasteiger partial charge in [0.05, 0.1) is 27.8 Å². The molecule has 3 aromatic heterocycles. The molecule has 0 atom stereocenters. The minimum absolute atomic E-state index is 1.16. The van der Waals surface area contributed by atoms with E-state index in [9.17, 15) is 0 Å². The lowest BCUT2D eigenvalue weighted by atomic mass is 9.93. The molecule has 8 aromatic carbocycles. The molecule has 11 aromatic rings. The largest absolute Gasteiger partial charge is 0.309 e. The number of hydrogen-bond acceptors (Lipinski definition) is 1. The Hall–Kier alpha value is -6.42. The van der Waals surface area contributed by atoms with E-state index >= 15 is 0 Å². The second kappa shape index (κ2) is 11.0. The number of fused-ring (bicyclic) bond motifs is 9. The smallest absolute Gasteiger partial charge is 0.0562 e. The molecule has 0 spiro atoms. The molecule has 238 valence electrons. The third-order valence-electron chi connectivity index (χ3n) is 10.5. The average Bonchev–Trinajstić information content (AvgIpc) is 3.86. The zero-order chi connectivity index (χ0) is 33.5. The molecule has 11 rings (SSSR count). The average molecular weight is 667 g/mol. The summed E-state index contributed by atoms with van der Waals surface area (Å²) in [5.74, 6) is 0. The molecule has 0 aliphatic carbocycles. The Morgan fingerprint density at radius 2 is 0.902 bits per heavy atom. The summed E-state index contributed by atoms with van der Waals surface area (Å²) in [6.07, 6.45) is 0. The van der Waals surface area contributed by atoms with Crippen LogP contribution in [0, 0.1) is 0 Å². The minimum Gasteiger partial charge on any atom is -0.309 e. The number of benzene rings is 8. The van der Waals surface area contributed by atoms with E-state index in [2.05, 4.69) is 191 Å². The molecular weight excluding hydrogens is 637 g/mol. The van der Waals surface area contributed by atoms with Gasteiger partial charge in [0, 0.05) is 53.0 Å². The van der Waals surface area contributed by atoms with Crippen molar-refractivity contribution < 1.29 is 0 Å². The van der Waals surface area contributed by atoms with Gasteiger partial charge >= 0.3 is 0 Å². The van der Waals surface area contributed by atoms with E-state index in [-0.39, 0.29) is 0 Å². The van der Waals surface area contributed by atoms with Crippen LogP contribution in [-0.2, 0) is 0 Å². The number of para-hydroxylation sites is 3. The molecule has 0 unspecified atom stereocenters. The Labute approximate surface area is 298 Å². The van der Waals surface area contributed by atoms with Gasteiger partial charge in [-0.25, -0.2) is 0 Å². The van der Waals surface area contributed by atoms with Crippen molar-refractivity contribution in [3.63, 3.8) is 0 Å². The summed E-state index contributed by atoms with van der Waals surface area (Å²) in [5, 5.41) is 7.63. The molecule has 0 saturated heterocycles. The maximum Gasteiger partial charge on any atom is 0.0562 e. The molecule has 51 heavy (non-hydrogen) atoms. The summed E-state index contributed by atoms with van der Waals surface area (Å²) >= 11 is 1.90. The molecule has 3 heterocycles. The Morgan fingerprint density at radius 1 is 0.353 bits per heavy atom. The monoisotopic (exact) mass is 666 g/mol. The van der Waals surface area contributed by atoms with Crippen LogP contribution < -0.4 is 0 Å². The van der Waals surface area contributed by atoms with E-state index < -0.39 is 0 Å². The van der Waals surface area contributed by atoms with Gasteiger partial charge in [-0.2, -0.15) is 0 Å². The van der Waals surface area contributed by atoms with Crippen LogP contribution in [0.5, 0.6) is 0 Å². The van der Waals surface area contributed by atoms with E-state index in [0.29, 0.717) is 0 Å². The Bertz CT molecular complexity index is 3090. The van der Waals surface area contributed by atoms with E-state index in [0.717, 1.165) is 5.69 Å². The van der Waals surface area contributed by atoms with Crippen LogP contribution >= 0.6 is 11.3 Å². The molecule has 0 fully saturated rings. The summed E-state index contributed by atoms with van der Waals surface area (Å²) in [4.78, 5) is 0. The molecule has 0 radical (unpaired) electrons. The molecule has 0 amide bonds. The summed E-state index contributed by atoms with van der Waals surface area (Å²) in [5.41, 5.74) is 12.2. The van der Waals surface area contributed by atoms with Gasteiger partial charge in [-0.15, -0.1) is 11.3 Å². The molecule has 3 heteroatoms. The van der Waals surface area contributed by atoms with Gasteiger partial charge in [-0.1, -0.05) is 140 Å². The number of thiophene rings is 1. The van der Waals surface area contributed by atoms with Gasteiger partial charge in [-0.3, -0.25) is 0 Å². The van der Waals surface area contributed by atoms with Gasteiger partial charge in [0.15, 0.2) is 0 Å². The van der Waals surface area contributed by atoms with E-state index in [1.54, 1.807) is 0 Å². The normalized spacial score (nSPS) is 11.9. The lowest BCUT2D eigenvalue weighted by molar-refractivity contribution is 1.16. The van der Waals surface area contributed by atoms with Crippen molar-refractivity contribution in [1.82, 2.24) is 9.13 Å². The molecule has 2 nitrogen and oxygen atoms in total. The number of aromatic nitrogens is 2.